The van der Waals surface area contributed by atoms with Crippen LogP contribution in [0, 0.1) is 5.82 Å². The summed E-state index contributed by atoms with van der Waals surface area (Å²) in [5.74, 6) is -0.326. The minimum atomic E-state index is -0.406. The van der Waals surface area contributed by atoms with Gasteiger partial charge in [0.05, 0.1) is 20.1 Å². The van der Waals surface area contributed by atoms with Gasteiger partial charge in [-0.1, -0.05) is 18.2 Å². The number of ketones is 1. The Labute approximate surface area is 127 Å². The Balaban J connectivity index is 1.90. The molecular weight excluding hydrogens is 285 g/mol. The molecule has 1 N–H and O–H groups in total. The summed E-state index contributed by atoms with van der Waals surface area (Å²) >= 11 is 0. The van der Waals surface area contributed by atoms with Crippen LogP contribution in [0.4, 0.5) is 4.39 Å². The Morgan fingerprint density at radius 1 is 1.09 bits per heavy atom. The van der Waals surface area contributed by atoms with E-state index in [1.165, 1.54) is 31.4 Å². The fourth-order valence-corrected chi connectivity index (χ4v) is 2.00. The zero-order chi connectivity index (χ0) is 15.9. The average molecular weight is 301 g/mol. The maximum atomic E-state index is 12.8. The van der Waals surface area contributed by atoms with Crippen molar-refractivity contribution in [3.8, 4) is 5.75 Å². The number of halogens is 1. The molecule has 114 valence electrons. The lowest BCUT2D eigenvalue weighted by Crippen LogP contribution is -2.30. The number of Topliss-reactive ketones (excluding diaryl/α,β-unsaturated/α-hetero) is 1. The second kappa shape index (κ2) is 7.36. The molecule has 0 spiro atoms. The molecule has 0 saturated heterocycles. The molecule has 5 heteroatoms. The highest BCUT2D eigenvalue weighted by Gasteiger charge is 2.11. The van der Waals surface area contributed by atoms with Crippen LogP contribution >= 0.6 is 0 Å². The number of amides is 1. The lowest BCUT2D eigenvalue weighted by Gasteiger charge is -2.08. The first-order valence-electron chi connectivity index (χ1n) is 6.77. The SMILES string of the molecule is COc1ccccc1CC(=O)NCC(=O)c1ccc(F)cc1. The molecule has 2 aromatic rings. The smallest absolute Gasteiger partial charge is 0.224 e. The predicted octanol–water partition coefficient (Wildman–Crippen LogP) is 2.38. The number of para-hydroxylation sites is 1. The van der Waals surface area contributed by atoms with Gasteiger partial charge in [-0.25, -0.2) is 4.39 Å². The summed E-state index contributed by atoms with van der Waals surface area (Å²) in [5.41, 5.74) is 1.11. The molecule has 1 amide bonds. The van der Waals surface area contributed by atoms with Crippen LogP contribution in [0.25, 0.3) is 0 Å². The molecular formula is C17H16FNO3. The van der Waals surface area contributed by atoms with Crippen LogP contribution in [0.2, 0.25) is 0 Å². The van der Waals surface area contributed by atoms with E-state index in [-0.39, 0.29) is 24.7 Å². The third-order valence-electron chi connectivity index (χ3n) is 3.16. The van der Waals surface area contributed by atoms with Gasteiger partial charge in [0.25, 0.3) is 0 Å². The first-order chi connectivity index (χ1) is 10.6. The average Bonchev–Trinajstić information content (AvgIpc) is 2.54. The van der Waals surface area contributed by atoms with Crippen LogP contribution in [-0.4, -0.2) is 25.3 Å². The van der Waals surface area contributed by atoms with Gasteiger partial charge in [0.2, 0.25) is 5.91 Å². The maximum Gasteiger partial charge on any atom is 0.224 e. The fourth-order valence-electron chi connectivity index (χ4n) is 2.00. The molecule has 4 nitrogen and oxygen atoms in total. The molecule has 0 unspecified atom stereocenters. The Bertz CT molecular complexity index is 668. The van der Waals surface area contributed by atoms with Gasteiger partial charge in [-0.3, -0.25) is 9.59 Å². The van der Waals surface area contributed by atoms with Crippen LogP contribution in [0.1, 0.15) is 15.9 Å². The second-order valence-electron chi connectivity index (χ2n) is 4.70. The zero-order valence-electron chi connectivity index (χ0n) is 12.1. The summed E-state index contributed by atoms with van der Waals surface area (Å²) in [5, 5.41) is 2.56. The summed E-state index contributed by atoms with van der Waals surface area (Å²) < 4.78 is 18.0. The van der Waals surface area contributed by atoms with Crippen molar-refractivity contribution in [3.05, 3.63) is 65.5 Å². The maximum absolute atomic E-state index is 12.8. The van der Waals surface area contributed by atoms with E-state index in [1.54, 1.807) is 12.1 Å². The second-order valence-corrected chi connectivity index (χ2v) is 4.70. The Kier molecular flexibility index (Phi) is 5.25. The van der Waals surface area contributed by atoms with E-state index >= 15 is 0 Å². The van der Waals surface area contributed by atoms with E-state index in [0.717, 1.165) is 5.56 Å². The molecule has 0 aliphatic heterocycles. The highest BCUT2D eigenvalue weighted by atomic mass is 19.1. The van der Waals surface area contributed by atoms with Crippen molar-refractivity contribution in [3.63, 3.8) is 0 Å². The lowest BCUT2D eigenvalue weighted by molar-refractivity contribution is -0.120. The number of carbonyl (C=O) groups excluding carboxylic acids is 2. The van der Waals surface area contributed by atoms with E-state index in [1.807, 2.05) is 12.1 Å². The quantitative estimate of drug-likeness (QED) is 0.833. The Morgan fingerprint density at radius 3 is 2.45 bits per heavy atom. The Morgan fingerprint density at radius 2 is 1.77 bits per heavy atom. The van der Waals surface area contributed by atoms with E-state index in [9.17, 15) is 14.0 Å². The third kappa shape index (κ3) is 4.15. The molecule has 2 aromatic carbocycles. The number of benzene rings is 2. The van der Waals surface area contributed by atoms with Gasteiger partial charge in [0.1, 0.15) is 11.6 Å². The van der Waals surface area contributed by atoms with Crippen LogP contribution < -0.4 is 10.1 Å². The third-order valence-corrected chi connectivity index (χ3v) is 3.16. The van der Waals surface area contributed by atoms with Gasteiger partial charge < -0.3 is 10.1 Å². The van der Waals surface area contributed by atoms with E-state index in [2.05, 4.69) is 5.32 Å². The topological polar surface area (TPSA) is 55.4 Å². The van der Waals surface area contributed by atoms with Gasteiger partial charge in [-0.15, -0.1) is 0 Å². The van der Waals surface area contributed by atoms with Gasteiger partial charge in [0.15, 0.2) is 5.78 Å². The molecule has 0 aliphatic rings. The first kappa shape index (κ1) is 15.7. The van der Waals surface area contributed by atoms with Crippen molar-refractivity contribution < 1.29 is 18.7 Å². The molecule has 22 heavy (non-hydrogen) atoms. The first-order valence-corrected chi connectivity index (χ1v) is 6.77. The normalized spacial score (nSPS) is 10.1. The van der Waals surface area contributed by atoms with E-state index in [4.69, 9.17) is 4.74 Å². The van der Waals surface area contributed by atoms with Crippen molar-refractivity contribution in [1.29, 1.82) is 0 Å². The van der Waals surface area contributed by atoms with Crippen LogP contribution in [0.15, 0.2) is 48.5 Å². The number of rotatable bonds is 6. The number of nitrogens with one attached hydrogen (secondary N) is 1. The monoisotopic (exact) mass is 301 g/mol. The fraction of sp³-hybridized carbons (Fsp3) is 0.176. The molecule has 0 atom stereocenters. The summed E-state index contributed by atoms with van der Waals surface area (Å²) in [4.78, 5) is 23.8. The van der Waals surface area contributed by atoms with Crippen molar-refractivity contribution in [1.82, 2.24) is 5.32 Å². The highest BCUT2D eigenvalue weighted by Crippen LogP contribution is 2.17. The Hall–Kier alpha value is -2.69. The van der Waals surface area contributed by atoms with Crippen LogP contribution in [0.5, 0.6) is 5.75 Å². The molecule has 2 rings (SSSR count). The van der Waals surface area contributed by atoms with Crippen molar-refractivity contribution in [2.24, 2.45) is 0 Å². The highest BCUT2D eigenvalue weighted by molar-refractivity contribution is 5.99. The number of hydrogen-bond donors (Lipinski definition) is 1. The number of carbonyl (C=O) groups is 2. The van der Waals surface area contributed by atoms with Gasteiger partial charge in [-0.2, -0.15) is 0 Å². The lowest BCUT2D eigenvalue weighted by atomic mass is 10.1. The zero-order valence-corrected chi connectivity index (χ0v) is 12.1. The molecule has 0 fully saturated rings. The van der Waals surface area contributed by atoms with Crippen molar-refractivity contribution in [2.75, 3.05) is 13.7 Å². The number of hydrogen-bond acceptors (Lipinski definition) is 3. The summed E-state index contributed by atoms with van der Waals surface area (Å²) in [7, 11) is 1.54. The minimum Gasteiger partial charge on any atom is -0.496 e. The molecule has 0 aliphatic carbocycles. The van der Waals surface area contributed by atoms with Crippen molar-refractivity contribution in [2.45, 2.75) is 6.42 Å². The molecule has 0 bridgehead atoms. The summed E-state index contributed by atoms with van der Waals surface area (Å²) in [6.45, 7) is -0.125. The molecule has 0 saturated carbocycles. The molecule has 0 heterocycles. The van der Waals surface area contributed by atoms with Crippen LogP contribution in [-0.2, 0) is 11.2 Å². The van der Waals surface area contributed by atoms with Gasteiger partial charge in [0, 0.05) is 11.1 Å². The van der Waals surface area contributed by atoms with Crippen molar-refractivity contribution >= 4 is 11.7 Å². The largest absolute Gasteiger partial charge is 0.496 e. The van der Waals surface area contributed by atoms with E-state index < -0.39 is 5.82 Å². The van der Waals surface area contributed by atoms with E-state index in [0.29, 0.717) is 11.3 Å². The number of methoxy groups -OCH3 is 1. The minimum absolute atomic E-state index is 0.125. The standard InChI is InChI=1S/C17H16FNO3/c1-22-16-5-3-2-4-13(16)10-17(21)19-11-15(20)12-6-8-14(18)9-7-12/h2-9H,10-11H2,1H3,(H,19,21). The van der Waals surface area contributed by atoms with Gasteiger partial charge in [-0.05, 0) is 30.3 Å². The predicted molar refractivity (Wildman–Crippen MR) is 80.4 cm³/mol. The molecule has 0 radical (unpaired) electrons. The summed E-state index contributed by atoms with van der Waals surface area (Å²) in [6.07, 6.45) is 0.126. The number of ether oxygens (including phenoxy) is 1. The van der Waals surface area contributed by atoms with Crippen LogP contribution in [0.3, 0.4) is 0 Å². The molecule has 0 aromatic heterocycles. The van der Waals surface area contributed by atoms with Gasteiger partial charge >= 0.3 is 0 Å². The summed E-state index contributed by atoms with van der Waals surface area (Å²) in [6, 6.07) is 12.4.